The first-order valence-electron chi connectivity index (χ1n) is 5.39. The molecule has 1 aromatic heterocycles. The van der Waals surface area contributed by atoms with Gasteiger partial charge in [0, 0.05) is 12.7 Å². The van der Waals surface area contributed by atoms with Crippen molar-refractivity contribution in [2.75, 3.05) is 18.1 Å². The number of aromatic nitrogens is 1. The van der Waals surface area contributed by atoms with Crippen molar-refractivity contribution >= 4 is 17.4 Å². The predicted molar refractivity (Wildman–Crippen MR) is 62.6 cm³/mol. The van der Waals surface area contributed by atoms with Crippen LogP contribution in [0.25, 0.3) is 0 Å². The number of rotatable bonds is 3. The fourth-order valence-electron chi connectivity index (χ4n) is 2.07. The Kier molecular flexibility index (Phi) is 3.63. The van der Waals surface area contributed by atoms with Crippen molar-refractivity contribution < 1.29 is 10.2 Å². The van der Waals surface area contributed by atoms with Crippen LogP contribution in [0.5, 0.6) is 0 Å². The van der Waals surface area contributed by atoms with Crippen LogP contribution in [0, 0.1) is 0 Å². The SMILES string of the molecule is OCc1cnc(N2CCCC2CO)c(Cl)c1. The molecule has 1 unspecified atom stereocenters. The third-order valence-electron chi connectivity index (χ3n) is 2.92. The maximum atomic E-state index is 9.24. The minimum atomic E-state index is -0.0591. The highest BCUT2D eigenvalue weighted by Gasteiger charge is 2.26. The predicted octanol–water partition coefficient (Wildman–Crippen LogP) is 1.19. The second kappa shape index (κ2) is 4.99. The molecule has 0 amide bonds. The average molecular weight is 243 g/mol. The molecule has 2 heterocycles. The quantitative estimate of drug-likeness (QED) is 0.836. The van der Waals surface area contributed by atoms with E-state index in [-0.39, 0.29) is 19.3 Å². The highest BCUT2D eigenvalue weighted by Crippen LogP contribution is 2.30. The second-order valence-electron chi connectivity index (χ2n) is 3.98. The van der Waals surface area contributed by atoms with Gasteiger partial charge in [-0.25, -0.2) is 4.98 Å². The van der Waals surface area contributed by atoms with E-state index in [1.165, 1.54) is 0 Å². The first kappa shape index (κ1) is 11.6. The van der Waals surface area contributed by atoms with Crippen LogP contribution in [0.1, 0.15) is 18.4 Å². The maximum absolute atomic E-state index is 9.24. The highest BCUT2D eigenvalue weighted by molar-refractivity contribution is 6.33. The lowest BCUT2D eigenvalue weighted by Crippen LogP contribution is -2.32. The summed E-state index contributed by atoms with van der Waals surface area (Å²) in [5.74, 6) is 0.704. The smallest absolute Gasteiger partial charge is 0.147 e. The van der Waals surface area contributed by atoms with Gasteiger partial charge in [0.05, 0.1) is 24.3 Å². The first-order valence-corrected chi connectivity index (χ1v) is 5.77. The molecule has 0 spiro atoms. The lowest BCUT2D eigenvalue weighted by atomic mass is 10.2. The number of pyridine rings is 1. The van der Waals surface area contributed by atoms with Crippen LogP contribution in [0.15, 0.2) is 12.3 Å². The molecular formula is C11H15ClN2O2. The number of aliphatic hydroxyl groups is 2. The summed E-state index contributed by atoms with van der Waals surface area (Å²) in [6.07, 6.45) is 3.63. The van der Waals surface area contributed by atoms with Crippen molar-refractivity contribution in [1.82, 2.24) is 4.98 Å². The van der Waals surface area contributed by atoms with Gasteiger partial charge in [0.25, 0.3) is 0 Å². The van der Waals surface area contributed by atoms with Crippen molar-refractivity contribution in [2.45, 2.75) is 25.5 Å². The summed E-state index contributed by atoms with van der Waals surface area (Å²) in [6, 6.07) is 1.83. The molecule has 88 valence electrons. The molecule has 0 aromatic carbocycles. The van der Waals surface area contributed by atoms with Gasteiger partial charge in [-0.15, -0.1) is 0 Å². The third-order valence-corrected chi connectivity index (χ3v) is 3.20. The molecule has 1 aromatic rings. The van der Waals surface area contributed by atoms with E-state index >= 15 is 0 Å². The van der Waals surface area contributed by atoms with Crippen LogP contribution in [-0.2, 0) is 6.61 Å². The lowest BCUT2D eigenvalue weighted by molar-refractivity contribution is 0.266. The summed E-state index contributed by atoms with van der Waals surface area (Å²) >= 11 is 6.11. The molecule has 16 heavy (non-hydrogen) atoms. The third kappa shape index (κ3) is 2.14. The first-order chi connectivity index (χ1) is 7.76. The Morgan fingerprint density at radius 1 is 1.50 bits per heavy atom. The summed E-state index contributed by atoms with van der Waals surface area (Å²) < 4.78 is 0. The molecule has 4 nitrogen and oxygen atoms in total. The van der Waals surface area contributed by atoms with E-state index < -0.39 is 0 Å². The van der Waals surface area contributed by atoms with E-state index in [2.05, 4.69) is 4.98 Å². The molecule has 0 radical (unpaired) electrons. The zero-order valence-electron chi connectivity index (χ0n) is 8.93. The van der Waals surface area contributed by atoms with Gasteiger partial charge in [0.2, 0.25) is 0 Å². The van der Waals surface area contributed by atoms with Gasteiger partial charge in [-0.2, -0.15) is 0 Å². The van der Waals surface area contributed by atoms with Gasteiger partial charge in [-0.1, -0.05) is 11.6 Å². The molecule has 0 saturated carbocycles. The van der Waals surface area contributed by atoms with Crippen molar-refractivity contribution in [3.05, 3.63) is 22.8 Å². The van der Waals surface area contributed by atoms with Gasteiger partial charge in [0.15, 0.2) is 0 Å². The maximum Gasteiger partial charge on any atom is 0.147 e. The number of hydrogen-bond donors (Lipinski definition) is 2. The van der Waals surface area contributed by atoms with E-state index in [0.29, 0.717) is 16.4 Å². The number of anilines is 1. The van der Waals surface area contributed by atoms with Crippen molar-refractivity contribution in [3.63, 3.8) is 0 Å². The van der Waals surface area contributed by atoms with E-state index in [1.807, 2.05) is 4.90 Å². The molecule has 2 rings (SSSR count). The van der Waals surface area contributed by atoms with Gasteiger partial charge in [-0.05, 0) is 24.5 Å². The van der Waals surface area contributed by atoms with Crippen LogP contribution in [0.3, 0.4) is 0 Å². The molecule has 0 bridgehead atoms. The zero-order chi connectivity index (χ0) is 11.5. The fraction of sp³-hybridized carbons (Fsp3) is 0.545. The van der Waals surface area contributed by atoms with E-state index in [0.717, 1.165) is 19.4 Å². The van der Waals surface area contributed by atoms with Gasteiger partial charge < -0.3 is 15.1 Å². The summed E-state index contributed by atoms with van der Waals surface area (Å²) in [7, 11) is 0. The standard InChI is InChI=1S/C11H15ClN2O2/c12-10-4-8(6-15)5-13-11(10)14-3-1-2-9(14)7-16/h4-5,9,15-16H,1-3,6-7H2. The summed E-state index contributed by atoms with van der Waals surface area (Å²) in [5, 5.41) is 18.7. The van der Waals surface area contributed by atoms with Crippen LogP contribution < -0.4 is 4.90 Å². The number of aliphatic hydroxyl groups excluding tert-OH is 2. The number of halogens is 1. The van der Waals surface area contributed by atoms with Gasteiger partial charge >= 0.3 is 0 Å². The van der Waals surface area contributed by atoms with Crippen molar-refractivity contribution in [1.29, 1.82) is 0 Å². The van der Waals surface area contributed by atoms with Crippen LogP contribution in [0.2, 0.25) is 5.02 Å². The van der Waals surface area contributed by atoms with E-state index in [4.69, 9.17) is 16.7 Å². The van der Waals surface area contributed by atoms with Crippen LogP contribution >= 0.6 is 11.6 Å². The topological polar surface area (TPSA) is 56.6 Å². The molecular weight excluding hydrogens is 228 g/mol. The van der Waals surface area contributed by atoms with Crippen LogP contribution in [0.4, 0.5) is 5.82 Å². The zero-order valence-corrected chi connectivity index (χ0v) is 9.69. The molecule has 1 aliphatic heterocycles. The van der Waals surface area contributed by atoms with Crippen molar-refractivity contribution in [3.8, 4) is 0 Å². The number of nitrogens with zero attached hydrogens (tertiary/aromatic N) is 2. The lowest BCUT2D eigenvalue weighted by Gasteiger charge is -2.25. The molecule has 1 saturated heterocycles. The minimum absolute atomic E-state index is 0.0591. The highest BCUT2D eigenvalue weighted by atomic mass is 35.5. The molecule has 1 aliphatic rings. The Balaban J connectivity index is 2.26. The van der Waals surface area contributed by atoms with Gasteiger partial charge in [0.1, 0.15) is 5.82 Å². The molecule has 2 N–H and O–H groups in total. The Labute approximate surface area is 99.5 Å². The Morgan fingerprint density at radius 3 is 2.94 bits per heavy atom. The summed E-state index contributed by atoms with van der Waals surface area (Å²) in [5.41, 5.74) is 0.702. The largest absolute Gasteiger partial charge is 0.394 e. The molecule has 1 atom stereocenters. The van der Waals surface area contributed by atoms with Crippen molar-refractivity contribution in [2.24, 2.45) is 0 Å². The van der Waals surface area contributed by atoms with Gasteiger partial charge in [-0.3, -0.25) is 0 Å². The molecule has 0 aliphatic carbocycles. The monoisotopic (exact) mass is 242 g/mol. The minimum Gasteiger partial charge on any atom is -0.394 e. The average Bonchev–Trinajstić information content (AvgIpc) is 2.76. The van der Waals surface area contributed by atoms with E-state index in [1.54, 1.807) is 12.3 Å². The Morgan fingerprint density at radius 2 is 2.31 bits per heavy atom. The van der Waals surface area contributed by atoms with Crippen LogP contribution in [-0.4, -0.2) is 34.4 Å². The second-order valence-corrected chi connectivity index (χ2v) is 4.39. The Hall–Kier alpha value is -0.840. The molecule has 1 fully saturated rings. The Bertz CT molecular complexity index is 373. The number of hydrogen-bond acceptors (Lipinski definition) is 4. The molecule has 5 heteroatoms. The van der Waals surface area contributed by atoms with E-state index in [9.17, 15) is 5.11 Å². The summed E-state index contributed by atoms with van der Waals surface area (Å²) in [4.78, 5) is 6.28. The summed E-state index contributed by atoms with van der Waals surface area (Å²) in [6.45, 7) is 0.937. The fourth-order valence-corrected chi connectivity index (χ4v) is 2.37. The normalized spacial score (nSPS) is 20.4.